The summed E-state index contributed by atoms with van der Waals surface area (Å²) in [4.78, 5) is 6.88. The van der Waals surface area contributed by atoms with E-state index in [1.54, 1.807) is 0 Å². The van der Waals surface area contributed by atoms with Crippen molar-refractivity contribution in [1.82, 2.24) is 4.98 Å². The highest BCUT2D eigenvalue weighted by Crippen LogP contribution is 2.28. The number of likely N-dealkylation sites (N-methyl/N-ethyl adjacent to an activating group) is 1. The summed E-state index contributed by atoms with van der Waals surface area (Å²) < 4.78 is 5.64. The minimum Gasteiger partial charge on any atom is -0.392 e. The molecule has 20 heavy (non-hydrogen) atoms. The van der Waals surface area contributed by atoms with Crippen LogP contribution in [-0.4, -0.2) is 35.9 Å². The maximum atomic E-state index is 9.64. The number of pyridine rings is 1. The van der Waals surface area contributed by atoms with Crippen molar-refractivity contribution in [3.05, 3.63) is 35.9 Å². The van der Waals surface area contributed by atoms with Crippen molar-refractivity contribution in [3.8, 4) is 0 Å². The van der Waals surface area contributed by atoms with Crippen LogP contribution in [0.1, 0.15) is 18.9 Å². The van der Waals surface area contributed by atoms with Gasteiger partial charge in [-0.2, -0.15) is 0 Å². The quantitative estimate of drug-likeness (QED) is 0.931. The van der Waals surface area contributed by atoms with E-state index in [4.69, 9.17) is 9.72 Å². The number of aliphatic hydroxyl groups excluding tert-OH is 1. The first-order valence-corrected chi connectivity index (χ1v) is 7.04. The Kier molecular flexibility index (Phi) is 3.59. The van der Waals surface area contributed by atoms with Crippen LogP contribution in [-0.2, 0) is 11.3 Å². The molecular weight excluding hydrogens is 252 g/mol. The van der Waals surface area contributed by atoms with Crippen LogP contribution in [0.2, 0.25) is 0 Å². The van der Waals surface area contributed by atoms with Crippen molar-refractivity contribution in [3.63, 3.8) is 0 Å². The number of benzene rings is 1. The van der Waals surface area contributed by atoms with E-state index in [1.165, 1.54) is 0 Å². The Morgan fingerprint density at radius 3 is 2.90 bits per heavy atom. The van der Waals surface area contributed by atoms with Crippen LogP contribution in [0.25, 0.3) is 10.9 Å². The summed E-state index contributed by atoms with van der Waals surface area (Å²) in [6, 6.07) is 10.3. The first kappa shape index (κ1) is 13.3. The van der Waals surface area contributed by atoms with Crippen LogP contribution >= 0.6 is 0 Å². The van der Waals surface area contributed by atoms with E-state index < -0.39 is 0 Å². The third kappa shape index (κ3) is 2.25. The molecule has 0 aliphatic carbocycles. The van der Waals surface area contributed by atoms with Crippen molar-refractivity contribution in [2.45, 2.75) is 32.1 Å². The zero-order valence-electron chi connectivity index (χ0n) is 11.9. The molecule has 2 heterocycles. The van der Waals surface area contributed by atoms with Crippen LogP contribution in [0.3, 0.4) is 0 Å². The summed E-state index contributed by atoms with van der Waals surface area (Å²) in [5, 5.41) is 10.7. The first-order valence-electron chi connectivity index (χ1n) is 7.04. The fourth-order valence-electron chi connectivity index (χ4n) is 2.96. The van der Waals surface area contributed by atoms with Crippen molar-refractivity contribution in [2.24, 2.45) is 0 Å². The van der Waals surface area contributed by atoms with Crippen molar-refractivity contribution in [2.75, 3.05) is 18.6 Å². The number of ether oxygens (including phenoxy) is 1. The van der Waals surface area contributed by atoms with Gasteiger partial charge in [-0.1, -0.05) is 18.2 Å². The maximum absolute atomic E-state index is 9.64. The Labute approximate surface area is 119 Å². The number of rotatable bonds is 3. The van der Waals surface area contributed by atoms with E-state index >= 15 is 0 Å². The molecule has 1 aliphatic heterocycles. The van der Waals surface area contributed by atoms with Gasteiger partial charge >= 0.3 is 0 Å². The van der Waals surface area contributed by atoms with Crippen LogP contribution in [0.4, 0.5) is 5.82 Å². The van der Waals surface area contributed by atoms with Crippen molar-refractivity contribution in [1.29, 1.82) is 0 Å². The van der Waals surface area contributed by atoms with Crippen molar-refractivity contribution < 1.29 is 9.84 Å². The highest BCUT2D eigenvalue weighted by atomic mass is 16.5. The monoisotopic (exact) mass is 272 g/mol. The SMILES string of the molecule is CC1OCCC1N(C)c1nc2ccccc2cc1CO. The van der Waals surface area contributed by atoms with Gasteiger partial charge < -0.3 is 14.7 Å². The van der Waals surface area contributed by atoms with E-state index in [1.807, 2.05) is 37.4 Å². The summed E-state index contributed by atoms with van der Waals surface area (Å²) in [5.74, 6) is 0.855. The van der Waals surface area contributed by atoms with E-state index in [0.29, 0.717) is 6.04 Å². The topological polar surface area (TPSA) is 45.6 Å². The maximum Gasteiger partial charge on any atom is 0.134 e. The minimum absolute atomic E-state index is 0.000530. The lowest BCUT2D eigenvalue weighted by molar-refractivity contribution is 0.118. The average molecular weight is 272 g/mol. The molecule has 1 saturated heterocycles. The Morgan fingerprint density at radius 1 is 1.40 bits per heavy atom. The predicted octanol–water partition coefficient (Wildman–Crippen LogP) is 2.34. The van der Waals surface area contributed by atoms with Gasteiger partial charge in [-0.3, -0.25) is 0 Å². The molecule has 4 heteroatoms. The van der Waals surface area contributed by atoms with E-state index in [2.05, 4.69) is 11.8 Å². The fourth-order valence-corrected chi connectivity index (χ4v) is 2.96. The van der Waals surface area contributed by atoms with Gasteiger partial charge in [0.1, 0.15) is 5.82 Å². The highest BCUT2D eigenvalue weighted by Gasteiger charge is 2.29. The van der Waals surface area contributed by atoms with Gasteiger partial charge in [0.05, 0.1) is 24.3 Å². The lowest BCUT2D eigenvalue weighted by Gasteiger charge is -2.29. The first-order chi connectivity index (χ1) is 9.70. The van der Waals surface area contributed by atoms with Gasteiger partial charge in [0.2, 0.25) is 0 Å². The second-order valence-electron chi connectivity index (χ2n) is 5.36. The summed E-state index contributed by atoms with van der Waals surface area (Å²) in [6.07, 6.45) is 1.19. The number of aliphatic hydroxyl groups is 1. The molecule has 106 valence electrons. The summed E-state index contributed by atoms with van der Waals surface area (Å²) >= 11 is 0. The third-order valence-electron chi connectivity index (χ3n) is 4.12. The Bertz CT molecular complexity index is 614. The smallest absolute Gasteiger partial charge is 0.134 e. The molecule has 1 aromatic heterocycles. The number of nitrogens with zero attached hydrogens (tertiary/aromatic N) is 2. The molecule has 2 atom stereocenters. The second kappa shape index (κ2) is 5.38. The van der Waals surface area contributed by atoms with E-state index in [0.717, 1.165) is 35.3 Å². The molecule has 1 N–H and O–H groups in total. The van der Waals surface area contributed by atoms with Gasteiger partial charge in [-0.25, -0.2) is 4.98 Å². The summed E-state index contributed by atoms with van der Waals surface area (Å²) in [5.41, 5.74) is 1.82. The Morgan fingerprint density at radius 2 is 2.20 bits per heavy atom. The molecular formula is C16H20N2O2. The zero-order valence-corrected chi connectivity index (χ0v) is 11.9. The molecule has 2 aromatic rings. The third-order valence-corrected chi connectivity index (χ3v) is 4.12. The predicted molar refractivity (Wildman–Crippen MR) is 79.9 cm³/mol. The standard InChI is InChI=1S/C16H20N2O2/c1-11-15(7-8-20-11)18(2)16-13(10-19)9-12-5-3-4-6-14(12)17-16/h3-6,9,11,15,19H,7-8,10H2,1-2H3. The van der Waals surface area contributed by atoms with Gasteiger partial charge in [-0.05, 0) is 25.5 Å². The molecule has 1 aliphatic rings. The molecule has 0 amide bonds. The van der Waals surface area contributed by atoms with Gasteiger partial charge in [-0.15, -0.1) is 0 Å². The van der Waals surface area contributed by atoms with Crippen LogP contribution in [0.5, 0.6) is 0 Å². The van der Waals surface area contributed by atoms with Crippen LogP contribution in [0.15, 0.2) is 30.3 Å². The minimum atomic E-state index is -0.000530. The zero-order chi connectivity index (χ0) is 14.1. The molecule has 0 radical (unpaired) electrons. The Balaban J connectivity index is 2.04. The van der Waals surface area contributed by atoms with Gasteiger partial charge in [0, 0.05) is 24.6 Å². The molecule has 1 fully saturated rings. The lowest BCUT2D eigenvalue weighted by atomic mass is 10.1. The molecule has 0 spiro atoms. The molecule has 1 aromatic carbocycles. The van der Waals surface area contributed by atoms with Crippen molar-refractivity contribution >= 4 is 16.7 Å². The van der Waals surface area contributed by atoms with E-state index in [9.17, 15) is 5.11 Å². The number of para-hydroxylation sites is 1. The van der Waals surface area contributed by atoms with Gasteiger partial charge in [0.15, 0.2) is 0 Å². The normalized spacial score (nSPS) is 22.4. The molecule has 2 unspecified atom stereocenters. The number of hydrogen-bond donors (Lipinski definition) is 1. The summed E-state index contributed by atoms with van der Waals surface area (Å²) in [6.45, 7) is 2.88. The van der Waals surface area contributed by atoms with Crippen LogP contribution < -0.4 is 4.90 Å². The van der Waals surface area contributed by atoms with Gasteiger partial charge in [0.25, 0.3) is 0 Å². The lowest BCUT2D eigenvalue weighted by Crippen LogP contribution is -2.37. The second-order valence-corrected chi connectivity index (χ2v) is 5.36. The highest BCUT2D eigenvalue weighted by molar-refractivity contribution is 5.81. The fraction of sp³-hybridized carbons (Fsp3) is 0.438. The number of hydrogen-bond acceptors (Lipinski definition) is 4. The number of fused-ring (bicyclic) bond motifs is 1. The average Bonchev–Trinajstić information content (AvgIpc) is 2.91. The summed E-state index contributed by atoms with van der Waals surface area (Å²) in [7, 11) is 2.03. The van der Waals surface area contributed by atoms with E-state index in [-0.39, 0.29) is 12.7 Å². The molecule has 0 saturated carbocycles. The number of aromatic nitrogens is 1. The molecule has 3 rings (SSSR count). The molecule has 4 nitrogen and oxygen atoms in total. The van der Waals surface area contributed by atoms with Crippen LogP contribution in [0, 0.1) is 0 Å². The number of anilines is 1. The largest absolute Gasteiger partial charge is 0.392 e. The Hall–Kier alpha value is -1.65. The molecule has 0 bridgehead atoms.